The first-order valence-electron chi connectivity index (χ1n) is 3.49. The lowest BCUT2D eigenvalue weighted by Gasteiger charge is -2.32. The molecule has 0 aromatic heterocycles. The number of aliphatic hydroxyl groups is 1. The van der Waals surface area contributed by atoms with E-state index in [4.69, 9.17) is 5.26 Å². The van der Waals surface area contributed by atoms with Crippen molar-refractivity contribution in [3.05, 3.63) is 0 Å². The molecule has 0 spiro atoms. The molecule has 10 heavy (non-hydrogen) atoms. The normalized spacial score (nSPS) is 40.7. The van der Waals surface area contributed by atoms with Gasteiger partial charge in [-0.1, -0.05) is 0 Å². The number of β-amino-alcohol motifs (C(OH)–C–C–N with tert-alkyl or cyclic N) is 1. The summed E-state index contributed by atoms with van der Waals surface area (Å²) in [6.45, 7) is 3.18. The highest BCUT2D eigenvalue weighted by Crippen LogP contribution is 2.26. The molecular formula is C7H12N2O. The molecule has 1 heterocycles. The summed E-state index contributed by atoms with van der Waals surface area (Å²) in [7, 11) is 0. The van der Waals surface area contributed by atoms with Gasteiger partial charge in [-0.15, -0.1) is 0 Å². The van der Waals surface area contributed by atoms with Gasteiger partial charge in [0.2, 0.25) is 0 Å². The molecule has 2 atom stereocenters. The van der Waals surface area contributed by atoms with E-state index in [1.807, 2.05) is 0 Å². The molecule has 1 rings (SSSR count). The predicted octanol–water partition coefficient (Wildman–Crippen LogP) is -0.130. The zero-order chi connectivity index (χ0) is 7.61. The minimum Gasteiger partial charge on any atom is -0.390 e. The summed E-state index contributed by atoms with van der Waals surface area (Å²) in [5.41, 5.74) is -0.523. The van der Waals surface area contributed by atoms with Crippen molar-refractivity contribution in [3.63, 3.8) is 0 Å². The van der Waals surface area contributed by atoms with Crippen LogP contribution in [0.5, 0.6) is 0 Å². The highest BCUT2D eigenvalue weighted by atomic mass is 16.3. The van der Waals surface area contributed by atoms with Crippen molar-refractivity contribution < 1.29 is 5.11 Å². The fraction of sp³-hybridized carbons (Fsp3) is 0.857. The Labute approximate surface area is 60.7 Å². The van der Waals surface area contributed by atoms with Crippen molar-refractivity contribution in [2.24, 2.45) is 5.41 Å². The topological polar surface area (TPSA) is 56.0 Å². The highest BCUT2D eigenvalue weighted by molar-refractivity contribution is 5.03. The third-order valence-corrected chi connectivity index (χ3v) is 2.15. The summed E-state index contributed by atoms with van der Waals surface area (Å²) >= 11 is 0. The lowest BCUT2D eigenvalue weighted by Crippen LogP contribution is -2.46. The number of hydrogen-bond acceptors (Lipinski definition) is 3. The maximum atomic E-state index is 9.34. The Balaban J connectivity index is 2.65. The first-order chi connectivity index (χ1) is 4.69. The summed E-state index contributed by atoms with van der Waals surface area (Å²) in [5.74, 6) is 0. The lowest BCUT2D eigenvalue weighted by molar-refractivity contribution is 0.0495. The zero-order valence-corrected chi connectivity index (χ0v) is 6.09. The van der Waals surface area contributed by atoms with Gasteiger partial charge in [-0.3, -0.25) is 0 Å². The van der Waals surface area contributed by atoms with Crippen LogP contribution in [0.2, 0.25) is 0 Å². The molecule has 0 aliphatic carbocycles. The van der Waals surface area contributed by atoms with Crippen LogP contribution in [0.4, 0.5) is 0 Å². The summed E-state index contributed by atoms with van der Waals surface area (Å²) < 4.78 is 0. The Morgan fingerprint density at radius 3 is 2.90 bits per heavy atom. The number of hydrogen-bond donors (Lipinski definition) is 2. The van der Waals surface area contributed by atoms with Crippen molar-refractivity contribution in [1.29, 1.82) is 5.26 Å². The van der Waals surface area contributed by atoms with Gasteiger partial charge in [-0.2, -0.15) is 5.26 Å². The summed E-state index contributed by atoms with van der Waals surface area (Å²) in [5, 5.41) is 21.0. The molecule has 1 fully saturated rings. The zero-order valence-electron chi connectivity index (χ0n) is 6.09. The molecule has 0 bridgehead atoms. The molecule has 2 N–H and O–H groups in total. The minimum absolute atomic E-state index is 0.508. The van der Waals surface area contributed by atoms with E-state index in [0.717, 1.165) is 13.0 Å². The van der Waals surface area contributed by atoms with Crippen molar-refractivity contribution in [1.82, 2.24) is 5.32 Å². The Hall–Kier alpha value is -0.590. The van der Waals surface area contributed by atoms with Crippen molar-refractivity contribution in [3.8, 4) is 6.07 Å². The predicted molar refractivity (Wildman–Crippen MR) is 37.2 cm³/mol. The van der Waals surface area contributed by atoms with E-state index in [-0.39, 0.29) is 0 Å². The second-order valence-corrected chi connectivity index (χ2v) is 3.00. The molecule has 1 saturated heterocycles. The van der Waals surface area contributed by atoms with E-state index >= 15 is 0 Å². The van der Waals surface area contributed by atoms with Gasteiger partial charge in [0.05, 0.1) is 17.6 Å². The number of nitriles is 1. The van der Waals surface area contributed by atoms with Crippen LogP contribution in [-0.4, -0.2) is 24.3 Å². The van der Waals surface area contributed by atoms with Gasteiger partial charge in [0, 0.05) is 6.54 Å². The standard InChI is InChI=1S/C7H12N2O/c1-7(5-8)2-3-9-4-6(7)10/h6,9-10H,2-4H2,1H3. The van der Waals surface area contributed by atoms with Crippen LogP contribution in [0.1, 0.15) is 13.3 Å². The molecule has 0 aromatic carbocycles. The van der Waals surface area contributed by atoms with Crippen LogP contribution in [0.15, 0.2) is 0 Å². The average Bonchev–Trinajstić information content (AvgIpc) is 1.96. The minimum atomic E-state index is -0.523. The molecule has 0 radical (unpaired) electrons. The number of piperidine rings is 1. The molecule has 56 valence electrons. The molecule has 2 unspecified atom stereocenters. The maximum absolute atomic E-state index is 9.34. The summed E-state index contributed by atoms with van der Waals surface area (Å²) in [6.07, 6.45) is 0.233. The highest BCUT2D eigenvalue weighted by Gasteiger charge is 2.35. The third kappa shape index (κ3) is 1.13. The molecular weight excluding hydrogens is 128 g/mol. The quantitative estimate of drug-likeness (QED) is 0.493. The number of rotatable bonds is 0. The summed E-state index contributed by atoms with van der Waals surface area (Å²) in [6, 6.07) is 2.14. The van der Waals surface area contributed by atoms with Crippen LogP contribution >= 0.6 is 0 Å². The second kappa shape index (κ2) is 2.57. The van der Waals surface area contributed by atoms with E-state index in [9.17, 15) is 5.11 Å². The van der Waals surface area contributed by atoms with Crippen LogP contribution in [0.3, 0.4) is 0 Å². The lowest BCUT2D eigenvalue weighted by atomic mass is 9.80. The Kier molecular flexibility index (Phi) is 1.93. The van der Waals surface area contributed by atoms with E-state index in [1.54, 1.807) is 6.92 Å². The Morgan fingerprint density at radius 2 is 2.50 bits per heavy atom. The van der Waals surface area contributed by atoms with Gasteiger partial charge in [-0.05, 0) is 19.9 Å². The smallest absolute Gasteiger partial charge is 0.0848 e. The van der Waals surface area contributed by atoms with Crippen LogP contribution in [0.25, 0.3) is 0 Å². The second-order valence-electron chi connectivity index (χ2n) is 3.00. The van der Waals surface area contributed by atoms with E-state index < -0.39 is 11.5 Å². The summed E-state index contributed by atoms with van der Waals surface area (Å²) in [4.78, 5) is 0. The fourth-order valence-corrected chi connectivity index (χ4v) is 1.11. The number of aliphatic hydroxyl groups excluding tert-OH is 1. The number of nitrogens with one attached hydrogen (secondary N) is 1. The van der Waals surface area contributed by atoms with Crippen molar-refractivity contribution >= 4 is 0 Å². The van der Waals surface area contributed by atoms with Gasteiger partial charge in [0.1, 0.15) is 0 Å². The van der Waals surface area contributed by atoms with Crippen LogP contribution in [-0.2, 0) is 0 Å². The molecule has 0 aromatic rings. The van der Waals surface area contributed by atoms with Crippen LogP contribution < -0.4 is 5.32 Å². The van der Waals surface area contributed by atoms with Gasteiger partial charge in [-0.25, -0.2) is 0 Å². The Morgan fingerprint density at radius 1 is 1.80 bits per heavy atom. The fourth-order valence-electron chi connectivity index (χ4n) is 1.11. The SMILES string of the molecule is CC1(C#N)CCNCC1O. The van der Waals surface area contributed by atoms with Crippen molar-refractivity contribution in [2.45, 2.75) is 19.4 Å². The molecule has 1 aliphatic rings. The average molecular weight is 140 g/mol. The molecule has 0 amide bonds. The van der Waals surface area contributed by atoms with E-state index in [2.05, 4.69) is 11.4 Å². The molecule has 1 aliphatic heterocycles. The first-order valence-corrected chi connectivity index (χ1v) is 3.49. The van der Waals surface area contributed by atoms with Crippen molar-refractivity contribution in [2.75, 3.05) is 13.1 Å². The molecule has 3 heteroatoms. The van der Waals surface area contributed by atoms with Gasteiger partial charge < -0.3 is 10.4 Å². The molecule has 0 saturated carbocycles. The third-order valence-electron chi connectivity index (χ3n) is 2.15. The maximum Gasteiger partial charge on any atom is 0.0848 e. The monoisotopic (exact) mass is 140 g/mol. The van der Waals surface area contributed by atoms with E-state index in [0.29, 0.717) is 6.54 Å². The largest absolute Gasteiger partial charge is 0.390 e. The Bertz CT molecular complexity index is 163. The first kappa shape index (κ1) is 7.52. The van der Waals surface area contributed by atoms with Gasteiger partial charge in [0.25, 0.3) is 0 Å². The number of nitrogens with zero attached hydrogens (tertiary/aromatic N) is 1. The van der Waals surface area contributed by atoms with Gasteiger partial charge in [0.15, 0.2) is 0 Å². The van der Waals surface area contributed by atoms with Crippen LogP contribution in [0, 0.1) is 16.7 Å². The van der Waals surface area contributed by atoms with Gasteiger partial charge >= 0.3 is 0 Å². The molecule has 3 nitrogen and oxygen atoms in total. The van der Waals surface area contributed by atoms with E-state index in [1.165, 1.54) is 0 Å².